The van der Waals surface area contributed by atoms with E-state index in [4.69, 9.17) is 4.74 Å². The first-order valence-electron chi connectivity index (χ1n) is 17.9. The number of aryl methyl sites for hydroxylation is 2. The van der Waals surface area contributed by atoms with Crippen LogP contribution >= 0.6 is 0 Å². The number of rotatable bonds is 9. The molecule has 0 radical (unpaired) electrons. The van der Waals surface area contributed by atoms with Crippen LogP contribution in [-0.4, -0.2) is 92.5 Å². The average Bonchev–Trinajstić information content (AvgIpc) is 3.96. The fraction of sp³-hybridized carbons (Fsp3) is 0.300. The normalized spacial score (nSPS) is 15.1. The summed E-state index contributed by atoms with van der Waals surface area (Å²) in [5.41, 5.74) is 4.43. The Hall–Kier alpha value is -5.91. The smallest absolute Gasteiger partial charge is 0.270 e. The number of piperazine rings is 1. The van der Waals surface area contributed by atoms with Crippen LogP contribution in [0.5, 0.6) is 5.75 Å². The molecule has 266 valence electrons. The van der Waals surface area contributed by atoms with Gasteiger partial charge in [0.25, 0.3) is 5.91 Å². The topological polar surface area (TPSA) is 105 Å². The van der Waals surface area contributed by atoms with Crippen molar-refractivity contribution < 1.29 is 18.7 Å². The number of anilines is 1. The van der Waals surface area contributed by atoms with Gasteiger partial charge in [-0.25, -0.2) is 4.39 Å². The minimum atomic E-state index is -0.451. The van der Waals surface area contributed by atoms with E-state index in [0.717, 1.165) is 29.1 Å². The molecule has 3 aromatic carbocycles. The molecule has 1 saturated heterocycles. The Bertz CT molecular complexity index is 2300. The van der Waals surface area contributed by atoms with Crippen molar-refractivity contribution in [3.05, 3.63) is 102 Å². The Morgan fingerprint density at radius 2 is 1.73 bits per heavy atom. The monoisotopic (exact) mass is 700 g/mol. The highest BCUT2D eigenvalue weighted by Gasteiger charge is 2.29. The Kier molecular flexibility index (Phi) is 8.96. The Labute approximate surface area is 300 Å². The number of hydrogen-bond donors (Lipinski definition) is 1. The second kappa shape index (κ2) is 14.0. The summed E-state index contributed by atoms with van der Waals surface area (Å²) in [6, 6.07) is 21.8. The second-order valence-corrected chi connectivity index (χ2v) is 13.3. The summed E-state index contributed by atoms with van der Waals surface area (Å²) in [5, 5.41) is 9.56. The van der Waals surface area contributed by atoms with Crippen LogP contribution < -0.4 is 9.64 Å². The first-order valence-corrected chi connectivity index (χ1v) is 17.9. The Balaban J connectivity index is 1.08. The zero-order valence-corrected chi connectivity index (χ0v) is 29.4. The van der Waals surface area contributed by atoms with Gasteiger partial charge in [-0.15, -0.1) is 5.10 Å². The standard InChI is InChI=1S/C40H41FN8O3/c1-3-49-34-12-6-4-9-27(34)23-36(49)45-19-21-46(22-20-45)40(51)33-25-32-31(29-11-5-7-13-35(29)52-2)24-30(38(41)39(32)43-33)28-10-8-16-47(26-28)37(50)14-17-48-18-15-42-44-48/h4-7,9-13,15,18,23-25,43H,3,8,14,16-17,19-22,26H2,1-2H3. The largest absolute Gasteiger partial charge is 0.496 e. The third-order valence-corrected chi connectivity index (χ3v) is 10.4. The zero-order chi connectivity index (χ0) is 35.8. The lowest BCUT2D eigenvalue weighted by Gasteiger charge is -2.36. The number of aromatic nitrogens is 5. The number of methoxy groups -OCH3 is 1. The van der Waals surface area contributed by atoms with Gasteiger partial charge in [0.15, 0.2) is 5.82 Å². The van der Waals surface area contributed by atoms with Crippen LogP contribution in [0.15, 0.2) is 85.2 Å². The number of carbonyl (C=O) groups excluding carboxylic acids is 2. The highest BCUT2D eigenvalue weighted by Crippen LogP contribution is 2.40. The molecule has 0 aliphatic carbocycles. The number of carbonyl (C=O) groups is 2. The van der Waals surface area contributed by atoms with Crippen molar-refractivity contribution >= 4 is 45.0 Å². The number of H-pyrrole nitrogens is 1. The van der Waals surface area contributed by atoms with Gasteiger partial charge in [0.2, 0.25) is 5.91 Å². The van der Waals surface area contributed by atoms with Crippen molar-refractivity contribution in [2.24, 2.45) is 0 Å². The predicted octanol–water partition coefficient (Wildman–Crippen LogP) is 6.22. The summed E-state index contributed by atoms with van der Waals surface area (Å²) in [7, 11) is 1.61. The number of hydrogen-bond acceptors (Lipinski definition) is 6. The molecule has 5 heterocycles. The van der Waals surface area contributed by atoms with Crippen LogP contribution in [0.2, 0.25) is 0 Å². The molecule has 2 aliphatic heterocycles. The number of nitrogens with one attached hydrogen (secondary N) is 1. The lowest BCUT2D eigenvalue weighted by Crippen LogP contribution is -2.49. The van der Waals surface area contributed by atoms with Gasteiger partial charge in [-0.1, -0.05) is 47.7 Å². The molecule has 8 rings (SSSR count). The van der Waals surface area contributed by atoms with E-state index < -0.39 is 5.82 Å². The number of ether oxygens (including phenoxy) is 1. The van der Waals surface area contributed by atoms with Crippen molar-refractivity contribution in [2.45, 2.75) is 32.9 Å². The number of benzene rings is 3. The van der Waals surface area contributed by atoms with E-state index in [1.165, 1.54) is 10.9 Å². The highest BCUT2D eigenvalue weighted by molar-refractivity contribution is 6.05. The fourth-order valence-electron chi connectivity index (χ4n) is 7.67. The molecule has 2 aliphatic rings. The van der Waals surface area contributed by atoms with Crippen molar-refractivity contribution in [1.29, 1.82) is 0 Å². The van der Waals surface area contributed by atoms with E-state index in [-0.39, 0.29) is 30.3 Å². The van der Waals surface area contributed by atoms with E-state index in [1.807, 2.05) is 41.3 Å². The molecule has 0 bridgehead atoms. The Morgan fingerprint density at radius 1 is 0.923 bits per heavy atom. The molecule has 0 spiro atoms. The van der Waals surface area contributed by atoms with Gasteiger partial charge in [-0.3, -0.25) is 14.3 Å². The third-order valence-electron chi connectivity index (χ3n) is 10.4. The average molecular weight is 701 g/mol. The van der Waals surface area contributed by atoms with E-state index in [9.17, 15) is 9.59 Å². The number of aromatic amines is 1. The van der Waals surface area contributed by atoms with Gasteiger partial charge in [0.1, 0.15) is 17.3 Å². The van der Waals surface area contributed by atoms with E-state index in [0.29, 0.717) is 68.1 Å². The number of fused-ring (bicyclic) bond motifs is 2. The molecule has 0 atom stereocenters. The number of para-hydroxylation sites is 2. The molecule has 6 aromatic rings. The number of amides is 2. The van der Waals surface area contributed by atoms with Crippen LogP contribution in [-0.2, 0) is 17.9 Å². The number of nitrogens with zero attached hydrogens (tertiary/aromatic N) is 7. The van der Waals surface area contributed by atoms with Gasteiger partial charge >= 0.3 is 0 Å². The van der Waals surface area contributed by atoms with Crippen molar-refractivity contribution in [3.8, 4) is 16.9 Å². The summed E-state index contributed by atoms with van der Waals surface area (Å²) in [6.45, 7) is 6.72. The molecule has 12 heteroatoms. The summed E-state index contributed by atoms with van der Waals surface area (Å²) < 4.78 is 26.4. The molecule has 0 saturated carbocycles. The molecular weight excluding hydrogens is 659 g/mol. The summed E-state index contributed by atoms with van der Waals surface area (Å²) in [4.78, 5) is 36.4. The van der Waals surface area contributed by atoms with Gasteiger partial charge in [0, 0.05) is 85.8 Å². The molecular formula is C40H41FN8O3. The Morgan fingerprint density at radius 3 is 2.52 bits per heavy atom. The quantitative estimate of drug-likeness (QED) is 0.192. The van der Waals surface area contributed by atoms with Crippen LogP contribution in [0.25, 0.3) is 38.5 Å². The first kappa shape index (κ1) is 33.2. The van der Waals surface area contributed by atoms with Crippen molar-refractivity contribution in [1.82, 2.24) is 34.3 Å². The number of halogens is 1. The molecule has 0 unspecified atom stereocenters. The lowest BCUT2D eigenvalue weighted by atomic mass is 9.93. The van der Waals surface area contributed by atoms with E-state index >= 15 is 4.39 Å². The SMILES string of the molecule is CCn1c(N2CCN(C(=O)c3cc4c(-c5ccccc5OC)cc(C5=CCCN(C(=O)CCn6ccnn6)C5)c(F)c4[nH]3)CC2)cc2ccccc21. The highest BCUT2D eigenvalue weighted by atomic mass is 19.1. The minimum Gasteiger partial charge on any atom is -0.496 e. The summed E-state index contributed by atoms with van der Waals surface area (Å²) >= 11 is 0. The maximum Gasteiger partial charge on any atom is 0.270 e. The molecule has 1 N–H and O–H groups in total. The summed E-state index contributed by atoms with van der Waals surface area (Å²) in [5.74, 6) is 1.15. The maximum atomic E-state index is 16.8. The van der Waals surface area contributed by atoms with E-state index in [1.54, 1.807) is 35.2 Å². The summed E-state index contributed by atoms with van der Waals surface area (Å²) in [6.07, 6.45) is 6.18. The molecule has 11 nitrogen and oxygen atoms in total. The van der Waals surface area contributed by atoms with Crippen LogP contribution in [0, 0.1) is 5.82 Å². The molecule has 52 heavy (non-hydrogen) atoms. The first-order chi connectivity index (χ1) is 25.4. The third kappa shape index (κ3) is 6.07. The minimum absolute atomic E-state index is 0.0310. The molecule has 2 amide bonds. The molecule has 3 aromatic heterocycles. The lowest BCUT2D eigenvalue weighted by molar-refractivity contribution is -0.131. The van der Waals surface area contributed by atoms with Gasteiger partial charge in [-0.05, 0) is 54.8 Å². The maximum absolute atomic E-state index is 16.8. The van der Waals surface area contributed by atoms with Gasteiger partial charge < -0.3 is 29.0 Å². The van der Waals surface area contributed by atoms with Crippen LogP contribution in [0.1, 0.15) is 35.8 Å². The zero-order valence-electron chi connectivity index (χ0n) is 29.4. The van der Waals surface area contributed by atoms with E-state index in [2.05, 4.69) is 62.0 Å². The van der Waals surface area contributed by atoms with Crippen LogP contribution in [0.4, 0.5) is 10.2 Å². The fourth-order valence-corrected chi connectivity index (χ4v) is 7.67. The van der Waals surface area contributed by atoms with Crippen molar-refractivity contribution in [3.63, 3.8) is 0 Å². The predicted molar refractivity (Wildman–Crippen MR) is 200 cm³/mol. The second-order valence-electron chi connectivity index (χ2n) is 13.3. The van der Waals surface area contributed by atoms with Gasteiger partial charge in [-0.2, -0.15) is 0 Å². The van der Waals surface area contributed by atoms with Crippen molar-refractivity contribution in [2.75, 3.05) is 51.3 Å². The molecule has 1 fully saturated rings. The van der Waals surface area contributed by atoms with Crippen LogP contribution in [0.3, 0.4) is 0 Å². The van der Waals surface area contributed by atoms with Gasteiger partial charge in [0.05, 0.1) is 25.4 Å².